The van der Waals surface area contributed by atoms with Crippen LogP contribution in [0.2, 0.25) is 0 Å². The van der Waals surface area contributed by atoms with Crippen molar-refractivity contribution in [3.05, 3.63) is 47.7 Å². The summed E-state index contributed by atoms with van der Waals surface area (Å²) < 4.78 is 5.28. The third-order valence-electron chi connectivity index (χ3n) is 2.60. The summed E-state index contributed by atoms with van der Waals surface area (Å²) in [6.45, 7) is 4.50. The van der Waals surface area contributed by atoms with Crippen molar-refractivity contribution in [2.45, 2.75) is 13.8 Å². The second kappa shape index (κ2) is 5.87. The van der Waals surface area contributed by atoms with Crippen molar-refractivity contribution in [2.75, 3.05) is 11.9 Å². The molecule has 1 aromatic carbocycles. The Hall–Kier alpha value is -2.54. The Kier molecular flexibility index (Phi) is 3.99. The quantitative estimate of drug-likeness (QED) is 0.907. The van der Waals surface area contributed by atoms with Crippen LogP contribution in [0, 0.1) is 18.3 Å². The molecule has 0 spiro atoms. The third kappa shape index (κ3) is 3.23. The van der Waals surface area contributed by atoms with Crippen LogP contribution in [0.1, 0.15) is 18.1 Å². The van der Waals surface area contributed by atoms with Crippen LogP contribution in [0.4, 0.5) is 11.4 Å². The van der Waals surface area contributed by atoms with Crippen molar-refractivity contribution in [3.8, 4) is 11.9 Å². The minimum absolute atomic E-state index is 0.593. The highest BCUT2D eigenvalue weighted by Gasteiger charge is 2.03. The number of benzene rings is 1. The van der Waals surface area contributed by atoms with E-state index in [1.54, 1.807) is 18.3 Å². The zero-order valence-corrected chi connectivity index (χ0v) is 11.0. The number of hydrogen-bond donors (Lipinski definition) is 1. The molecule has 2 aromatic rings. The summed E-state index contributed by atoms with van der Waals surface area (Å²) in [6, 6.07) is 11.5. The summed E-state index contributed by atoms with van der Waals surface area (Å²) in [5, 5.41) is 12.3. The number of rotatable bonds is 4. The van der Waals surface area contributed by atoms with Crippen molar-refractivity contribution in [3.63, 3.8) is 0 Å². The molecule has 0 bridgehead atoms. The van der Waals surface area contributed by atoms with Crippen LogP contribution < -0.4 is 10.1 Å². The molecule has 0 saturated heterocycles. The van der Waals surface area contributed by atoms with Crippen molar-refractivity contribution in [2.24, 2.45) is 0 Å². The van der Waals surface area contributed by atoms with E-state index in [2.05, 4.69) is 16.4 Å². The van der Waals surface area contributed by atoms with Gasteiger partial charge in [0, 0.05) is 6.07 Å². The van der Waals surface area contributed by atoms with Gasteiger partial charge in [-0.15, -0.1) is 0 Å². The second-order valence-electron chi connectivity index (χ2n) is 4.10. The Labute approximate surface area is 112 Å². The van der Waals surface area contributed by atoms with Gasteiger partial charge in [-0.1, -0.05) is 6.07 Å². The van der Waals surface area contributed by atoms with E-state index in [1.807, 2.05) is 32.0 Å². The van der Waals surface area contributed by atoms with Gasteiger partial charge >= 0.3 is 0 Å². The number of anilines is 2. The smallest absolute Gasteiger partial charge is 0.213 e. The Morgan fingerprint density at radius 1 is 1.32 bits per heavy atom. The Balaban J connectivity index is 2.21. The molecule has 2 rings (SSSR count). The number of hydrogen-bond acceptors (Lipinski definition) is 4. The maximum absolute atomic E-state index is 9.08. The summed E-state index contributed by atoms with van der Waals surface area (Å²) in [5.74, 6) is 0.595. The molecule has 0 atom stereocenters. The van der Waals surface area contributed by atoms with E-state index < -0.39 is 0 Å². The fourth-order valence-electron chi connectivity index (χ4n) is 1.70. The van der Waals surface area contributed by atoms with Gasteiger partial charge in [0.15, 0.2) is 0 Å². The summed E-state index contributed by atoms with van der Waals surface area (Å²) in [4.78, 5) is 4.17. The van der Waals surface area contributed by atoms with Crippen LogP contribution in [0.5, 0.6) is 5.88 Å². The highest BCUT2D eigenvalue weighted by Crippen LogP contribution is 2.22. The average Bonchev–Trinajstić information content (AvgIpc) is 2.42. The first kappa shape index (κ1) is 12.9. The molecule has 19 heavy (non-hydrogen) atoms. The molecule has 0 radical (unpaired) electrons. The molecular formula is C15H15N3O. The summed E-state index contributed by atoms with van der Waals surface area (Å²) in [5.41, 5.74) is 3.32. The van der Waals surface area contributed by atoms with Gasteiger partial charge in [-0.2, -0.15) is 5.26 Å². The van der Waals surface area contributed by atoms with E-state index in [4.69, 9.17) is 10.00 Å². The van der Waals surface area contributed by atoms with Gasteiger partial charge in [0.1, 0.15) is 6.07 Å². The van der Waals surface area contributed by atoms with Crippen molar-refractivity contribution >= 4 is 11.4 Å². The average molecular weight is 253 g/mol. The lowest BCUT2D eigenvalue weighted by Gasteiger charge is -2.09. The number of aromatic nitrogens is 1. The molecule has 0 unspecified atom stereocenters. The first-order valence-corrected chi connectivity index (χ1v) is 6.09. The highest BCUT2D eigenvalue weighted by molar-refractivity contribution is 5.66. The van der Waals surface area contributed by atoms with Gasteiger partial charge in [-0.05, 0) is 37.6 Å². The number of ether oxygens (including phenoxy) is 1. The monoisotopic (exact) mass is 253 g/mol. The maximum Gasteiger partial charge on any atom is 0.213 e. The molecule has 0 aliphatic heterocycles. The van der Waals surface area contributed by atoms with Gasteiger partial charge in [-0.25, -0.2) is 4.98 Å². The molecule has 0 fully saturated rings. The third-order valence-corrected chi connectivity index (χ3v) is 2.60. The van der Waals surface area contributed by atoms with E-state index in [0.29, 0.717) is 18.1 Å². The second-order valence-corrected chi connectivity index (χ2v) is 4.10. The molecule has 1 N–H and O–H groups in total. The summed E-state index contributed by atoms with van der Waals surface area (Å²) in [7, 11) is 0. The van der Waals surface area contributed by atoms with Gasteiger partial charge in [0.2, 0.25) is 5.88 Å². The number of nitrogens with one attached hydrogen (secondary N) is 1. The lowest BCUT2D eigenvalue weighted by Crippen LogP contribution is -1.97. The molecule has 4 nitrogen and oxygen atoms in total. The van der Waals surface area contributed by atoms with Crippen LogP contribution in [0.25, 0.3) is 0 Å². The van der Waals surface area contributed by atoms with Crippen molar-refractivity contribution in [1.29, 1.82) is 5.26 Å². The molecular weight excluding hydrogens is 238 g/mol. The van der Waals surface area contributed by atoms with Crippen LogP contribution in [0.3, 0.4) is 0 Å². The van der Waals surface area contributed by atoms with Crippen LogP contribution in [-0.4, -0.2) is 11.6 Å². The molecule has 1 aromatic heterocycles. The highest BCUT2D eigenvalue weighted by atomic mass is 16.5. The lowest BCUT2D eigenvalue weighted by atomic mass is 10.1. The number of nitrogens with zero attached hydrogens (tertiary/aromatic N) is 2. The van der Waals surface area contributed by atoms with Crippen molar-refractivity contribution < 1.29 is 4.74 Å². The van der Waals surface area contributed by atoms with Crippen molar-refractivity contribution in [1.82, 2.24) is 4.98 Å². The molecule has 96 valence electrons. The topological polar surface area (TPSA) is 57.9 Å². The number of aryl methyl sites for hydroxylation is 1. The van der Waals surface area contributed by atoms with E-state index >= 15 is 0 Å². The van der Waals surface area contributed by atoms with Gasteiger partial charge in [-0.3, -0.25) is 0 Å². The van der Waals surface area contributed by atoms with E-state index in [9.17, 15) is 0 Å². The normalized spacial score (nSPS) is 9.74. The molecule has 0 aliphatic carbocycles. The largest absolute Gasteiger partial charge is 0.478 e. The summed E-state index contributed by atoms with van der Waals surface area (Å²) in [6.07, 6.45) is 1.69. The number of nitriles is 1. The van der Waals surface area contributed by atoms with Crippen LogP contribution in [-0.2, 0) is 0 Å². The summed E-state index contributed by atoms with van der Waals surface area (Å²) >= 11 is 0. The lowest BCUT2D eigenvalue weighted by molar-refractivity contribution is 0.327. The Bertz CT molecular complexity index is 600. The number of pyridine rings is 1. The van der Waals surface area contributed by atoms with Gasteiger partial charge in [0.05, 0.1) is 29.7 Å². The van der Waals surface area contributed by atoms with E-state index in [1.165, 1.54) is 0 Å². The fourth-order valence-corrected chi connectivity index (χ4v) is 1.70. The predicted molar refractivity (Wildman–Crippen MR) is 74.6 cm³/mol. The Morgan fingerprint density at radius 2 is 2.16 bits per heavy atom. The predicted octanol–water partition coefficient (Wildman–Crippen LogP) is 3.40. The maximum atomic E-state index is 9.08. The minimum atomic E-state index is 0.593. The molecule has 0 saturated carbocycles. The first-order valence-electron chi connectivity index (χ1n) is 6.09. The molecule has 4 heteroatoms. The minimum Gasteiger partial charge on any atom is -0.478 e. The zero-order chi connectivity index (χ0) is 13.7. The van der Waals surface area contributed by atoms with Crippen LogP contribution in [0.15, 0.2) is 36.5 Å². The van der Waals surface area contributed by atoms with Crippen LogP contribution >= 0.6 is 0 Å². The molecule has 0 aliphatic rings. The molecule has 1 heterocycles. The van der Waals surface area contributed by atoms with Gasteiger partial charge in [0.25, 0.3) is 0 Å². The molecule has 0 amide bonds. The van der Waals surface area contributed by atoms with E-state index in [-0.39, 0.29) is 0 Å². The fraction of sp³-hybridized carbons (Fsp3) is 0.200. The zero-order valence-electron chi connectivity index (χ0n) is 11.0. The van der Waals surface area contributed by atoms with Gasteiger partial charge < -0.3 is 10.1 Å². The standard InChI is InChI=1S/C15H15N3O/c1-3-19-15-7-6-13(10-17-15)18-14-8-11(2)4-5-12(14)9-16/h4-8,10,18H,3H2,1-2H3. The van der Waals surface area contributed by atoms with E-state index in [0.717, 1.165) is 16.9 Å². The SMILES string of the molecule is CCOc1ccc(Nc2cc(C)ccc2C#N)cn1. The Morgan fingerprint density at radius 3 is 2.79 bits per heavy atom. The first-order chi connectivity index (χ1) is 9.22.